The number of benzene rings is 1. The van der Waals surface area contributed by atoms with Gasteiger partial charge in [0.1, 0.15) is 16.6 Å². The van der Waals surface area contributed by atoms with Crippen molar-refractivity contribution in [1.29, 1.82) is 0 Å². The molecule has 0 aliphatic carbocycles. The highest BCUT2D eigenvalue weighted by atomic mass is 32.1. The zero-order valence-electron chi connectivity index (χ0n) is 11.1. The van der Waals surface area contributed by atoms with Crippen LogP contribution in [0.25, 0.3) is 0 Å². The lowest BCUT2D eigenvalue weighted by Gasteiger charge is -2.08. The number of para-hydroxylation sites is 1. The largest absolute Gasteiger partial charge is 0.494 e. The van der Waals surface area contributed by atoms with Crippen LogP contribution in [0.2, 0.25) is 0 Å². The highest BCUT2D eigenvalue weighted by molar-refractivity contribution is 7.80. The van der Waals surface area contributed by atoms with E-state index in [0.717, 1.165) is 24.5 Å². The minimum Gasteiger partial charge on any atom is -0.494 e. The number of thiocarbonyl (C=S) groups is 1. The van der Waals surface area contributed by atoms with Gasteiger partial charge in [-0.1, -0.05) is 36.5 Å². The Hall–Kier alpha value is -2.14. The van der Waals surface area contributed by atoms with Crippen LogP contribution >= 0.6 is 12.2 Å². The first-order chi connectivity index (χ1) is 9.75. The van der Waals surface area contributed by atoms with Gasteiger partial charge in [-0.25, -0.2) is 4.98 Å². The lowest BCUT2D eigenvalue weighted by molar-refractivity contribution is 0.315. The van der Waals surface area contributed by atoms with Crippen LogP contribution in [-0.2, 0) is 0 Å². The number of hydrogen-bond acceptors (Lipinski definition) is 4. The lowest BCUT2D eigenvalue weighted by Crippen LogP contribution is -2.13. The fourth-order valence-corrected chi connectivity index (χ4v) is 1.78. The van der Waals surface area contributed by atoms with Crippen molar-refractivity contribution in [2.75, 3.05) is 18.5 Å². The third-order valence-electron chi connectivity index (χ3n) is 2.64. The Morgan fingerprint density at radius 2 is 1.95 bits per heavy atom. The van der Waals surface area contributed by atoms with E-state index < -0.39 is 0 Å². The summed E-state index contributed by atoms with van der Waals surface area (Å²) in [5.41, 5.74) is 6.17. The van der Waals surface area contributed by atoms with Crippen molar-refractivity contribution < 1.29 is 4.74 Å². The Balaban J connectivity index is 1.71. The van der Waals surface area contributed by atoms with Crippen molar-refractivity contribution in [3.05, 3.63) is 54.2 Å². The van der Waals surface area contributed by atoms with Crippen LogP contribution < -0.4 is 15.8 Å². The average molecular weight is 287 g/mol. The quantitative estimate of drug-likeness (QED) is 0.605. The van der Waals surface area contributed by atoms with Gasteiger partial charge in [0, 0.05) is 6.54 Å². The second-order valence-corrected chi connectivity index (χ2v) is 4.65. The smallest absolute Gasteiger partial charge is 0.126 e. The first kappa shape index (κ1) is 14.3. The van der Waals surface area contributed by atoms with Crippen molar-refractivity contribution in [2.45, 2.75) is 6.42 Å². The van der Waals surface area contributed by atoms with E-state index in [1.54, 1.807) is 6.07 Å². The molecule has 1 aromatic heterocycles. The number of rotatable bonds is 7. The van der Waals surface area contributed by atoms with Crippen LogP contribution in [0.15, 0.2) is 48.5 Å². The monoisotopic (exact) mass is 287 g/mol. The van der Waals surface area contributed by atoms with Crippen LogP contribution in [0.3, 0.4) is 0 Å². The molecule has 0 atom stereocenters. The Bertz CT molecular complexity index is 560. The maximum absolute atomic E-state index is 5.60. The van der Waals surface area contributed by atoms with Crippen LogP contribution in [0.5, 0.6) is 5.75 Å². The van der Waals surface area contributed by atoms with Crippen molar-refractivity contribution in [3.63, 3.8) is 0 Å². The summed E-state index contributed by atoms with van der Waals surface area (Å²) in [5.74, 6) is 1.66. The molecule has 2 rings (SSSR count). The van der Waals surface area contributed by atoms with E-state index in [1.165, 1.54) is 0 Å². The van der Waals surface area contributed by atoms with E-state index in [0.29, 0.717) is 17.3 Å². The molecule has 0 aliphatic heterocycles. The summed E-state index contributed by atoms with van der Waals surface area (Å²) in [4.78, 5) is 4.62. The van der Waals surface area contributed by atoms with Crippen molar-refractivity contribution in [3.8, 4) is 5.75 Å². The van der Waals surface area contributed by atoms with Crippen LogP contribution in [0.1, 0.15) is 12.1 Å². The Kier molecular flexibility index (Phi) is 5.32. The SMILES string of the molecule is NC(=S)c1cccc(NCCCOc2ccccc2)n1. The molecular formula is C15H17N3OS. The number of nitrogens with one attached hydrogen (secondary N) is 1. The normalized spacial score (nSPS) is 10.0. The molecule has 5 heteroatoms. The molecule has 104 valence electrons. The van der Waals surface area contributed by atoms with E-state index in [9.17, 15) is 0 Å². The average Bonchev–Trinajstić information content (AvgIpc) is 2.48. The zero-order valence-corrected chi connectivity index (χ0v) is 11.9. The van der Waals surface area contributed by atoms with Gasteiger partial charge in [-0.3, -0.25) is 0 Å². The highest BCUT2D eigenvalue weighted by Crippen LogP contribution is 2.09. The minimum absolute atomic E-state index is 0.307. The molecule has 1 heterocycles. The zero-order chi connectivity index (χ0) is 14.2. The predicted molar refractivity (Wildman–Crippen MR) is 85.2 cm³/mol. The molecule has 20 heavy (non-hydrogen) atoms. The van der Waals surface area contributed by atoms with Crippen LogP contribution in [0, 0.1) is 0 Å². The lowest BCUT2D eigenvalue weighted by atomic mass is 10.3. The maximum atomic E-state index is 5.60. The maximum Gasteiger partial charge on any atom is 0.126 e. The van der Waals surface area contributed by atoms with Gasteiger partial charge in [0.2, 0.25) is 0 Å². The molecule has 0 saturated carbocycles. The van der Waals surface area contributed by atoms with Gasteiger partial charge in [-0.05, 0) is 30.7 Å². The topological polar surface area (TPSA) is 60.2 Å². The fraction of sp³-hybridized carbons (Fsp3) is 0.200. The molecule has 0 unspecified atom stereocenters. The van der Waals surface area contributed by atoms with E-state index in [-0.39, 0.29) is 0 Å². The highest BCUT2D eigenvalue weighted by Gasteiger charge is 1.99. The summed E-state index contributed by atoms with van der Waals surface area (Å²) in [5, 5.41) is 3.22. The molecule has 0 spiro atoms. The van der Waals surface area contributed by atoms with Crippen molar-refractivity contribution in [2.24, 2.45) is 5.73 Å². The van der Waals surface area contributed by atoms with Gasteiger partial charge in [-0.2, -0.15) is 0 Å². The number of aromatic nitrogens is 1. The standard InChI is InChI=1S/C15H17N3OS/c16-15(20)13-8-4-9-14(18-13)17-10-5-11-19-12-6-2-1-3-7-12/h1-4,6-9H,5,10-11H2,(H2,16,20)(H,17,18). The summed E-state index contributed by atoms with van der Waals surface area (Å²) >= 11 is 4.90. The fourth-order valence-electron chi connectivity index (χ4n) is 1.67. The number of nitrogens with zero attached hydrogens (tertiary/aromatic N) is 1. The molecule has 2 aromatic rings. The summed E-state index contributed by atoms with van der Waals surface area (Å²) in [6.07, 6.45) is 0.883. The van der Waals surface area contributed by atoms with Gasteiger partial charge in [0.25, 0.3) is 0 Å². The molecule has 4 nitrogen and oxygen atoms in total. The Morgan fingerprint density at radius 1 is 1.15 bits per heavy atom. The molecule has 0 saturated heterocycles. The summed E-state index contributed by atoms with van der Waals surface area (Å²) < 4.78 is 5.60. The number of nitrogens with two attached hydrogens (primary N) is 1. The van der Waals surface area contributed by atoms with Crippen LogP contribution in [-0.4, -0.2) is 23.1 Å². The van der Waals surface area contributed by atoms with Gasteiger partial charge in [-0.15, -0.1) is 0 Å². The molecular weight excluding hydrogens is 270 g/mol. The van der Waals surface area contributed by atoms with Gasteiger partial charge < -0.3 is 15.8 Å². The molecule has 0 bridgehead atoms. The van der Waals surface area contributed by atoms with Gasteiger partial charge in [0.05, 0.1) is 12.3 Å². The Morgan fingerprint density at radius 3 is 2.70 bits per heavy atom. The first-order valence-corrected chi connectivity index (χ1v) is 6.85. The number of anilines is 1. The second kappa shape index (κ2) is 7.45. The van der Waals surface area contributed by atoms with Crippen LogP contribution in [0.4, 0.5) is 5.82 Å². The molecule has 3 N–H and O–H groups in total. The molecule has 0 fully saturated rings. The Labute approximate surface area is 124 Å². The van der Waals surface area contributed by atoms with Crippen molar-refractivity contribution in [1.82, 2.24) is 4.98 Å². The summed E-state index contributed by atoms with van der Waals surface area (Å²) in [7, 11) is 0. The summed E-state index contributed by atoms with van der Waals surface area (Å²) in [6, 6.07) is 15.3. The molecule has 1 aromatic carbocycles. The molecule has 0 radical (unpaired) electrons. The van der Waals surface area contributed by atoms with Gasteiger partial charge >= 0.3 is 0 Å². The summed E-state index contributed by atoms with van der Waals surface area (Å²) in [6.45, 7) is 1.44. The minimum atomic E-state index is 0.307. The number of ether oxygens (including phenoxy) is 1. The van der Waals surface area contributed by atoms with Gasteiger partial charge in [0.15, 0.2) is 0 Å². The van der Waals surface area contributed by atoms with Crippen molar-refractivity contribution >= 4 is 23.0 Å². The molecule has 0 amide bonds. The predicted octanol–water partition coefficient (Wildman–Crippen LogP) is 2.60. The molecule has 0 aliphatic rings. The third-order valence-corrected chi connectivity index (χ3v) is 2.85. The third kappa shape index (κ3) is 4.51. The number of pyridine rings is 1. The second-order valence-electron chi connectivity index (χ2n) is 4.21. The van der Waals surface area contributed by atoms with E-state index in [1.807, 2.05) is 42.5 Å². The number of hydrogen-bond donors (Lipinski definition) is 2. The van der Waals surface area contributed by atoms with E-state index >= 15 is 0 Å². The first-order valence-electron chi connectivity index (χ1n) is 6.44. The van der Waals surface area contributed by atoms with E-state index in [2.05, 4.69) is 10.3 Å². The van der Waals surface area contributed by atoms with E-state index in [4.69, 9.17) is 22.7 Å².